The molecule has 1 aliphatic rings. The second kappa shape index (κ2) is 8.67. The van der Waals surface area contributed by atoms with Crippen LogP contribution < -0.4 is 5.32 Å². The van der Waals surface area contributed by atoms with E-state index in [0.717, 1.165) is 0 Å². The lowest BCUT2D eigenvalue weighted by atomic mass is 10.1. The molecule has 0 radical (unpaired) electrons. The van der Waals surface area contributed by atoms with Crippen LogP contribution in [0.4, 0.5) is 4.79 Å². The van der Waals surface area contributed by atoms with Crippen LogP contribution in [0.2, 0.25) is 0 Å². The first-order chi connectivity index (χ1) is 12.2. The van der Waals surface area contributed by atoms with Gasteiger partial charge in [-0.15, -0.1) is 0 Å². The molecule has 1 rings (SSSR count). The zero-order chi connectivity index (χ0) is 21.0. The van der Waals surface area contributed by atoms with Crippen LogP contribution >= 0.6 is 0 Å². The first kappa shape index (κ1) is 23.5. The van der Waals surface area contributed by atoms with E-state index in [9.17, 15) is 13.2 Å². The minimum atomic E-state index is -3.09. The molecule has 1 saturated heterocycles. The standard InChI is InChI=1S/C18H36N4O4S/c1-14(12-21(8)16(23)26-17(2,3)4)11-20-15(19-7)22-9-10-27(24,25)18(5,6)13-22/h14H,9-13H2,1-8H3,(H,19,20). The Morgan fingerprint density at radius 2 is 1.96 bits per heavy atom. The van der Waals surface area contributed by atoms with Crippen molar-refractivity contribution in [1.82, 2.24) is 15.1 Å². The Hall–Kier alpha value is -1.51. The lowest BCUT2D eigenvalue weighted by Crippen LogP contribution is -2.57. The van der Waals surface area contributed by atoms with Crippen molar-refractivity contribution >= 4 is 21.9 Å². The molecule has 0 bridgehead atoms. The molecule has 0 saturated carbocycles. The molecule has 0 aromatic heterocycles. The predicted octanol–water partition coefficient (Wildman–Crippen LogP) is 1.57. The van der Waals surface area contributed by atoms with Crippen LogP contribution in [0, 0.1) is 5.92 Å². The number of hydrogen-bond acceptors (Lipinski definition) is 5. The number of ether oxygens (including phenoxy) is 1. The fraction of sp³-hybridized carbons (Fsp3) is 0.889. The molecule has 9 heteroatoms. The molecule has 1 heterocycles. The Labute approximate surface area is 164 Å². The summed E-state index contributed by atoms with van der Waals surface area (Å²) in [6.07, 6.45) is -0.346. The molecule has 27 heavy (non-hydrogen) atoms. The van der Waals surface area contributed by atoms with E-state index in [1.807, 2.05) is 32.6 Å². The SMILES string of the molecule is CN=C(NCC(C)CN(C)C(=O)OC(C)(C)C)N1CCS(=O)(=O)C(C)(C)C1. The molecule has 8 nitrogen and oxygen atoms in total. The average Bonchev–Trinajstić information content (AvgIpc) is 2.49. The number of amides is 1. The molecule has 0 aromatic carbocycles. The second-order valence-electron chi connectivity index (χ2n) is 8.89. The van der Waals surface area contributed by atoms with E-state index in [-0.39, 0.29) is 17.8 Å². The molecular weight excluding hydrogens is 368 g/mol. The summed E-state index contributed by atoms with van der Waals surface area (Å²) in [6.45, 7) is 13.0. The number of nitrogens with zero attached hydrogens (tertiary/aromatic N) is 3. The highest BCUT2D eigenvalue weighted by Crippen LogP contribution is 2.23. The van der Waals surface area contributed by atoms with E-state index >= 15 is 0 Å². The van der Waals surface area contributed by atoms with Gasteiger partial charge in [0.1, 0.15) is 5.60 Å². The van der Waals surface area contributed by atoms with E-state index < -0.39 is 20.2 Å². The van der Waals surface area contributed by atoms with E-state index in [1.54, 1.807) is 32.8 Å². The zero-order valence-electron chi connectivity index (χ0n) is 18.0. The predicted molar refractivity (Wildman–Crippen MR) is 109 cm³/mol. The van der Waals surface area contributed by atoms with Crippen LogP contribution in [0.1, 0.15) is 41.5 Å². The third-order valence-corrected chi connectivity index (χ3v) is 6.99. The molecular formula is C18H36N4O4S. The van der Waals surface area contributed by atoms with Gasteiger partial charge in [-0.3, -0.25) is 4.99 Å². The van der Waals surface area contributed by atoms with Crippen LogP contribution in [-0.2, 0) is 14.6 Å². The fourth-order valence-electron chi connectivity index (χ4n) is 2.87. The van der Waals surface area contributed by atoms with Crippen molar-refractivity contribution in [1.29, 1.82) is 0 Å². The molecule has 0 aliphatic carbocycles. The molecule has 158 valence electrons. The highest BCUT2D eigenvalue weighted by atomic mass is 32.2. The van der Waals surface area contributed by atoms with Crippen molar-refractivity contribution in [3.8, 4) is 0 Å². The molecule has 1 atom stereocenters. The minimum absolute atomic E-state index is 0.123. The van der Waals surface area contributed by atoms with Crippen molar-refractivity contribution in [2.75, 3.05) is 46.0 Å². The van der Waals surface area contributed by atoms with Crippen LogP contribution in [0.3, 0.4) is 0 Å². The maximum absolute atomic E-state index is 12.2. The zero-order valence-corrected chi connectivity index (χ0v) is 18.8. The van der Waals surface area contributed by atoms with E-state index in [2.05, 4.69) is 10.3 Å². The molecule has 1 N–H and O–H groups in total. The Morgan fingerprint density at radius 3 is 2.44 bits per heavy atom. The van der Waals surface area contributed by atoms with Crippen LogP contribution in [0.15, 0.2) is 4.99 Å². The Kier molecular flexibility index (Phi) is 7.55. The van der Waals surface area contributed by atoms with E-state index in [0.29, 0.717) is 32.1 Å². The largest absolute Gasteiger partial charge is 0.444 e. The lowest BCUT2D eigenvalue weighted by Gasteiger charge is -2.39. The van der Waals surface area contributed by atoms with Gasteiger partial charge in [0.15, 0.2) is 15.8 Å². The van der Waals surface area contributed by atoms with Crippen LogP contribution in [0.25, 0.3) is 0 Å². The molecule has 0 aromatic rings. The number of carbonyl (C=O) groups is 1. The Bertz CT molecular complexity index is 653. The summed E-state index contributed by atoms with van der Waals surface area (Å²) < 4.78 is 28.9. The van der Waals surface area contributed by atoms with Crippen molar-refractivity contribution < 1.29 is 17.9 Å². The van der Waals surface area contributed by atoms with Crippen molar-refractivity contribution in [2.45, 2.75) is 51.9 Å². The fourth-order valence-corrected chi connectivity index (χ4v) is 4.23. The average molecular weight is 405 g/mol. The molecule has 1 unspecified atom stereocenters. The van der Waals surface area contributed by atoms with Crippen molar-refractivity contribution in [2.24, 2.45) is 10.9 Å². The Morgan fingerprint density at radius 1 is 1.37 bits per heavy atom. The third kappa shape index (κ3) is 6.86. The lowest BCUT2D eigenvalue weighted by molar-refractivity contribution is 0.0277. The first-order valence-electron chi connectivity index (χ1n) is 9.30. The summed E-state index contributed by atoms with van der Waals surface area (Å²) in [5, 5.41) is 3.30. The summed E-state index contributed by atoms with van der Waals surface area (Å²) >= 11 is 0. The number of rotatable bonds is 4. The summed E-state index contributed by atoms with van der Waals surface area (Å²) in [6, 6.07) is 0. The number of sulfone groups is 1. The number of guanidine groups is 1. The highest BCUT2D eigenvalue weighted by Gasteiger charge is 2.41. The minimum Gasteiger partial charge on any atom is -0.444 e. The first-order valence-corrected chi connectivity index (χ1v) is 11.0. The quantitative estimate of drug-likeness (QED) is 0.565. The van der Waals surface area contributed by atoms with Gasteiger partial charge in [0, 0.05) is 40.3 Å². The van der Waals surface area contributed by atoms with Gasteiger partial charge in [-0.25, -0.2) is 13.2 Å². The summed E-state index contributed by atoms with van der Waals surface area (Å²) in [4.78, 5) is 19.9. The van der Waals surface area contributed by atoms with Gasteiger partial charge in [0.25, 0.3) is 0 Å². The summed E-state index contributed by atoms with van der Waals surface area (Å²) in [7, 11) is 0.320. The van der Waals surface area contributed by atoms with Crippen molar-refractivity contribution in [3.05, 3.63) is 0 Å². The van der Waals surface area contributed by atoms with Crippen molar-refractivity contribution in [3.63, 3.8) is 0 Å². The maximum Gasteiger partial charge on any atom is 0.410 e. The monoisotopic (exact) mass is 404 g/mol. The van der Waals surface area contributed by atoms with Gasteiger partial charge in [-0.1, -0.05) is 6.92 Å². The molecule has 1 aliphatic heterocycles. The van der Waals surface area contributed by atoms with Gasteiger partial charge in [-0.05, 0) is 40.5 Å². The highest BCUT2D eigenvalue weighted by molar-refractivity contribution is 7.92. The smallest absolute Gasteiger partial charge is 0.410 e. The van der Waals surface area contributed by atoms with Crippen LogP contribution in [-0.4, -0.2) is 86.6 Å². The topological polar surface area (TPSA) is 91.3 Å². The van der Waals surface area contributed by atoms with Gasteiger partial charge >= 0.3 is 6.09 Å². The number of carbonyl (C=O) groups excluding carboxylic acids is 1. The maximum atomic E-state index is 12.2. The van der Waals surface area contributed by atoms with Gasteiger partial charge in [-0.2, -0.15) is 0 Å². The molecule has 1 amide bonds. The third-order valence-electron chi connectivity index (χ3n) is 4.45. The summed E-state index contributed by atoms with van der Waals surface area (Å²) in [5.41, 5.74) is -0.518. The number of aliphatic imine (C=N–C) groups is 1. The Balaban J connectivity index is 2.57. The second-order valence-corrected chi connectivity index (χ2v) is 11.6. The summed E-state index contributed by atoms with van der Waals surface area (Å²) in [5.74, 6) is 0.975. The van der Waals surface area contributed by atoms with Crippen LogP contribution in [0.5, 0.6) is 0 Å². The normalized spacial score (nSPS) is 20.7. The van der Waals surface area contributed by atoms with E-state index in [4.69, 9.17) is 4.74 Å². The molecule has 0 spiro atoms. The van der Waals surface area contributed by atoms with E-state index in [1.165, 1.54) is 0 Å². The van der Waals surface area contributed by atoms with Gasteiger partial charge in [0.2, 0.25) is 0 Å². The van der Waals surface area contributed by atoms with Gasteiger partial charge in [0.05, 0.1) is 10.5 Å². The molecule has 1 fully saturated rings. The van der Waals surface area contributed by atoms with Gasteiger partial charge < -0.3 is 19.9 Å². The number of nitrogens with one attached hydrogen (secondary N) is 1. The number of hydrogen-bond donors (Lipinski definition) is 1.